The molecule has 0 aromatic carbocycles. The van der Waals surface area contributed by atoms with Gasteiger partial charge in [0, 0.05) is 12.4 Å². The zero-order valence-corrected chi connectivity index (χ0v) is 15.1. The van der Waals surface area contributed by atoms with Crippen LogP contribution in [0.2, 0.25) is 0 Å². The molecular weight excluding hydrogens is 360 g/mol. The van der Waals surface area contributed by atoms with Crippen molar-refractivity contribution in [2.24, 2.45) is 0 Å². The molecule has 0 fully saturated rings. The molecule has 27 heavy (non-hydrogen) atoms. The lowest BCUT2D eigenvalue weighted by Gasteiger charge is -2.08. The van der Waals surface area contributed by atoms with Gasteiger partial charge in [-0.2, -0.15) is 0 Å². The highest BCUT2D eigenvalue weighted by Gasteiger charge is 2.16. The first-order valence-corrected chi connectivity index (χ1v) is 9.25. The third-order valence-corrected chi connectivity index (χ3v) is 4.74. The van der Waals surface area contributed by atoms with E-state index in [1.54, 1.807) is 12.4 Å². The van der Waals surface area contributed by atoms with E-state index in [1.807, 2.05) is 47.8 Å². The summed E-state index contributed by atoms with van der Waals surface area (Å²) >= 11 is 1.45. The predicted molar refractivity (Wildman–Crippen MR) is 104 cm³/mol. The molecule has 4 aromatic heterocycles. The van der Waals surface area contributed by atoms with Crippen LogP contribution in [-0.4, -0.2) is 25.8 Å². The van der Waals surface area contributed by atoms with E-state index in [1.165, 1.54) is 11.3 Å². The van der Waals surface area contributed by atoms with Gasteiger partial charge in [-0.25, -0.2) is 9.97 Å². The predicted octanol–water partition coefficient (Wildman–Crippen LogP) is 3.02. The maximum Gasteiger partial charge on any atom is 0.271 e. The zero-order valence-electron chi connectivity index (χ0n) is 14.3. The van der Waals surface area contributed by atoms with Gasteiger partial charge in [-0.1, -0.05) is 12.1 Å². The van der Waals surface area contributed by atoms with Crippen molar-refractivity contribution >= 4 is 33.4 Å². The van der Waals surface area contributed by atoms with Gasteiger partial charge in [-0.15, -0.1) is 11.3 Å². The van der Waals surface area contributed by atoms with Crippen LogP contribution in [0.25, 0.3) is 10.2 Å². The number of nitrogens with one attached hydrogen (secondary N) is 2. The summed E-state index contributed by atoms with van der Waals surface area (Å²) in [6, 6.07) is 13.2. The van der Waals surface area contributed by atoms with Crippen molar-refractivity contribution in [2.45, 2.75) is 13.1 Å². The van der Waals surface area contributed by atoms with Crippen LogP contribution in [0.4, 0.5) is 5.95 Å². The number of hydrogen-bond acceptors (Lipinski definition) is 7. The number of thiophene rings is 1. The minimum absolute atomic E-state index is 0.253. The minimum atomic E-state index is -0.253. The van der Waals surface area contributed by atoms with Crippen LogP contribution in [0.3, 0.4) is 0 Å². The Balaban J connectivity index is 1.54. The third-order valence-electron chi connectivity index (χ3n) is 3.83. The van der Waals surface area contributed by atoms with Crippen molar-refractivity contribution in [1.29, 1.82) is 0 Å². The monoisotopic (exact) mass is 376 g/mol. The van der Waals surface area contributed by atoms with Gasteiger partial charge in [0.15, 0.2) is 5.69 Å². The number of anilines is 1. The van der Waals surface area contributed by atoms with Gasteiger partial charge in [0.2, 0.25) is 5.95 Å². The SMILES string of the molecule is O=C(NCc1ccccn1)c1nc(NCc2ccccn2)nc2ccsc12. The summed E-state index contributed by atoms with van der Waals surface area (Å²) in [6.07, 6.45) is 3.43. The van der Waals surface area contributed by atoms with Crippen LogP contribution >= 0.6 is 11.3 Å². The summed E-state index contributed by atoms with van der Waals surface area (Å²) < 4.78 is 0.761. The molecule has 0 unspecified atom stereocenters. The van der Waals surface area contributed by atoms with Gasteiger partial charge in [0.05, 0.1) is 34.7 Å². The van der Waals surface area contributed by atoms with Crippen molar-refractivity contribution in [3.05, 3.63) is 77.3 Å². The van der Waals surface area contributed by atoms with E-state index in [9.17, 15) is 4.79 Å². The molecule has 4 heterocycles. The summed E-state index contributed by atoms with van der Waals surface area (Å²) in [6.45, 7) is 0.818. The average molecular weight is 376 g/mol. The van der Waals surface area contributed by atoms with E-state index in [4.69, 9.17) is 0 Å². The summed E-state index contributed by atoms with van der Waals surface area (Å²) in [7, 11) is 0. The van der Waals surface area contributed by atoms with Crippen LogP contribution in [0.5, 0.6) is 0 Å². The number of fused-ring (bicyclic) bond motifs is 1. The summed E-state index contributed by atoms with van der Waals surface area (Å²) in [5.41, 5.74) is 2.75. The second-order valence-corrected chi connectivity index (χ2v) is 6.63. The Morgan fingerprint density at radius 3 is 2.37 bits per heavy atom. The number of carbonyl (C=O) groups is 1. The molecule has 8 heteroatoms. The summed E-state index contributed by atoms with van der Waals surface area (Å²) in [5, 5.41) is 7.91. The Morgan fingerprint density at radius 1 is 0.926 bits per heavy atom. The number of carbonyl (C=O) groups excluding carboxylic acids is 1. The highest BCUT2D eigenvalue weighted by molar-refractivity contribution is 7.17. The maximum atomic E-state index is 12.7. The van der Waals surface area contributed by atoms with E-state index in [2.05, 4.69) is 30.6 Å². The molecule has 0 saturated heterocycles. The van der Waals surface area contributed by atoms with Gasteiger partial charge >= 0.3 is 0 Å². The molecule has 0 atom stereocenters. The Labute approximate surface area is 159 Å². The number of pyridine rings is 2. The van der Waals surface area contributed by atoms with Gasteiger partial charge in [-0.3, -0.25) is 14.8 Å². The average Bonchev–Trinajstić information content (AvgIpc) is 3.20. The van der Waals surface area contributed by atoms with Gasteiger partial charge in [-0.05, 0) is 35.7 Å². The van der Waals surface area contributed by atoms with Crippen LogP contribution in [-0.2, 0) is 13.1 Å². The van der Waals surface area contributed by atoms with Crippen molar-refractivity contribution in [1.82, 2.24) is 25.3 Å². The topological polar surface area (TPSA) is 92.7 Å². The fraction of sp³-hybridized carbons (Fsp3) is 0.105. The number of rotatable bonds is 6. The molecule has 7 nitrogen and oxygen atoms in total. The maximum absolute atomic E-state index is 12.7. The van der Waals surface area contributed by atoms with E-state index < -0.39 is 0 Å². The molecule has 0 bridgehead atoms. The second kappa shape index (κ2) is 7.88. The number of amides is 1. The van der Waals surface area contributed by atoms with Gasteiger partial charge in [0.1, 0.15) is 0 Å². The van der Waals surface area contributed by atoms with Crippen molar-refractivity contribution < 1.29 is 4.79 Å². The Morgan fingerprint density at radius 2 is 1.67 bits per heavy atom. The van der Waals surface area contributed by atoms with E-state index in [0.29, 0.717) is 24.7 Å². The minimum Gasteiger partial charge on any atom is -0.349 e. The van der Waals surface area contributed by atoms with Crippen LogP contribution in [0.15, 0.2) is 60.2 Å². The smallest absolute Gasteiger partial charge is 0.271 e. The molecule has 1 amide bonds. The van der Waals surface area contributed by atoms with Gasteiger partial charge in [0.25, 0.3) is 5.91 Å². The fourth-order valence-electron chi connectivity index (χ4n) is 2.53. The molecule has 0 saturated carbocycles. The lowest BCUT2D eigenvalue weighted by Crippen LogP contribution is -2.25. The van der Waals surface area contributed by atoms with E-state index >= 15 is 0 Å². The summed E-state index contributed by atoms with van der Waals surface area (Å²) in [4.78, 5) is 30.1. The van der Waals surface area contributed by atoms with Crippen LogP contribution in [0.1, 0.15) is 21.9 Å². The molecule has 0 spiro atoms. The molecule has 0 radical (unpaired) electrons. The molecule has 0 aliphatic heterocycles. The first kappa shape index (κ1) is 17.0. The molecule has 4 rings (SSSR count). The fourth-order valence-corrected chi connectivity index (χ4v) is 3.34. The van der Waals surface area contributed by atoms with Crippen molar-refractivity contribution in [3.8, 4) is 0 Å². The van der Waals surface area contributed by atoms with Crippen molar-refractivity contribution in [2.75, 3.05) is 5.32 Å². The van der Waals surface area contributed by atoms with Crippen LogP contribution < -0.4 is 10.6 Å². The standard InChI is InChI=1S/C19H16N6OS/c26-18(22-11-13-5-1-3-8-20-13)16-17-15(7-10-27-17)24-19(25-16)23-12-14-6-2-4-9-21-14/h1-10H,11-12H2,(H,22,26)(H,23,24,25). The normalized spacial score (nSPS) is 10.7. The molecule has 0 aliphatic carbocycles. The Kier molecular flexibility index (Phi) is 4.97. The molecule has 0 aliphatic rings. The first-order chi connectivity index (χ1) is 13.3. The molecule has 134 valence electrons. The first-order valence-electron chi connectivity index (χ1n) is 8.37. The second-order valence-electron chi connectivity index (χ2n) is 5.71. The lowest BCUT2D eigenvalue weighted by atomic mass is 10.3. The number of aromatic nitrogens is 4. The van der Waals surface area contributed by atoms with Crippen LogP contribution in [0, 0.1) is 0 Å². The molecule has 2 N–H and O–H groups in total. The Hall–Kier alpha value is -3.39. The third kappa shape index (κ3) is 4.06. The van der Waals surface area contributed by atoms with E-state index in [0.717, 1.165) is 21.6 Å². The zero-order chi connectivity index (χ0) is 18.5. The molecule has 4 aromatic rings. The highest BCUT2D eigenvalue weighted by atomic mass is 32.1. The van der Waals surface area contributed by atoms with Gasteiger partial charge < -0.3 is 10.6 Å². The largest absolute Gasteiger partial charge is 0.349 e. The number of nitrogens with zero attached hydrogens (tertiary/aromatic N) is 4. The van der Waals surface area contributed by atoms with Crippen molar-refractivity contribution in [3.63, 3.8) is 0 Å². The Bertz CT molecular complexity index is 1050. The highest BCUT2D eigenvalue weighted by Crippen LogP contribution is 2.23. The quantitative estimate of drug-likeness (QED) is 0.537. The lowest BCUT2D eigenvalue weighted by molar-refractivity contribution is 0.0947. The number of hydrogen-bond donors (Lipinski definition) is 2. The summed E-state index contributed by atoms with van der Waals surface area (Å²) in [5.74, 6) is 0.144. The molecular formula is C19H16N6OS. The van der Waals surface area contributed by atoms with E-state index in [-0.39, 0.29) is 5.91 Å².